The molecule has 0 aliphatic rings. The van der Waals surface area contributed by atoms with Gasteiger partial charge in [0.1, 0.15) is 0 Å². The van der Waals surface area contributed by atoms with Gasteiger partial charge in [-0.05, 0) is 12.3 Å². The molecule has 1 rings (SSSR count). The standard InChI is InChI=1S/C10H16N2O2/c1-7(2)4-9-5-10(14-12-9)6-11-8(3)13/h5,7H,4,6H2,1-3H3,(H,11,13). The molecule has 14 heavy (non-hydrogen) atoms. The maximum atomic E-state index is 10.6. The highest BCUT2D eigenvalue weighted by molar-refractivity contribution is 5.72. The van der Waals surface area contributed by atoms with Crippen molar-refractivity contribution in [1.29, 1.82) is 0 Å². The lowest BCUT2D eigenvalue weighted by Gasteiger charge is -1.97. The molecule has 1 amide bonds. The summed E-state index contributed by atoms with van der Waals surface area (Å²) in [6, 6.07) is 1.88. The van der Waals surface area contributed by atoms with Crippen molar-refractivity contribution in [3.8, 4) is 0 Å². The maximum Gasteiger partial charge on any atom is 0.217 e. The summed E-state index contributed by atoms with van der Waals surface area (Å²) in [5.41, 5.74) is 0.945. The first-order valence-corrected chi connectivity index (χ1v) is 4.77. The average Bonchev–Trinajstić information content (AvgIpc) is 2.47. The number of carbonyl (C=O) groups is 1. The zero-order valence-electron chi connectivity index (χ0n) is 8.83. The second-order valence-electron chi connectivity index (χ2n) is 3.79. The maximum absolute atomic E-state index is 10.6. The van der Waals surface area contributed by atoms with Crippen molar-refractivity contribution in [2.75, 3.05) is 0 Å². The van der Waals surface area contributed by atoms with Crippen molar-refractivity contribution in [1.82, 2.24) is 10.5 Å². The molecular weight excluding hydrogens is 180 g/mol. The lowest BCUT2D eigenvalue weighted by atomic mass is 10.1. The molecule has 0 aromatic carbocycles. The van der Waals surface area contributed by atoms with Gasteiger partial charge in [-0.3, -0.25) is 4.79 Å². The zero-order valence-corrected chi connectivity index (χ0v) is 8.83. The molecule has 1 heterocycles. The van der Waals surface area contributed by atoms with E-state index in [1.165, 1.54) is 6.92 Å². The summed E-state index contributed by atoms with van der Waals surface area (Å²) in [6.45, 7) is 6.15. The van der Waals surface area contributed by atoms with Gasteiger partial charge < -0.3 is 9.84 Å². The van der Waals surface area contributed by atoms with Crippen molar-refractivity contribution in [3.63, 3.8) is 0 Å². The molecule has 0 saturated heterocycles. The number of amides is 1. The number of hydrogen-bond donors (Lipinski definition) is 1. The summed E-state index contributed by atoms with van der Waals surface area (Å²) in [7, 11) is 0. The minimum atomic E-state index is -0.0631. The van der Waals surface area contributed by atoms with E-state index in [0.29, 0.717) is 18.2 Å². The average molecular weight is 196 g/mol. The molecule has 0 fully saturated rings. The monoisotopic (exact) mass is 196 g/mol. The Morgan fingerprint density at radius 3 is 2.93 bits per heavy atom. The van der Waals surface area contributed by atoms with Crippen LogP contribution < -0.4 is 5.32 Å². The highest BCUT2D eigenvalue weighted by atomic mass is 16.5. The van der Waals surface area contributed by atoms with Crippen LogP contribution in [0.5, 0.6) is 0 Å². The molecule has 0 unspecified atom stereocenters. The number of nitrogens with one attached hydrogen (secondary N) is 1. The highest BCUT2D eigenvalue weighted by Gasteiger charge is 2.05. The Morgan fingerprint density at radius 1 is 1.64 bits per heavy atom. The molecule has 1 aromatic rings. The molecule has 0 bridgehead atoms. The van der Waals surface area contributed by atoms with Gasteiger partial charge >= 0.3 is 0 Å². The third-order valence-corrected chi connectivity index (χ3v) is 1.74. The van der Waals surface area contributed by atoms with Crippen LogP contribution in [0.2, 0.25) is 0 Å². The van der Waals surface area contributed by atoms with Crippen LogP contribution in [0, 0.1) is 5.92 Å². The van der Waals surface area contributed by atoms with Crippen LogP contribution in [0.15, 0.2) is 10.6 Å². The van der Waals surface area contributed by atoms with E-state index in [2.05, 4.69) is 24.3 Å². The Balaban J connectivity index is 2.46. The molecule has 0 spiro atoms. The van der Waals surface area contributed by atoms with Crippen molar-refractivity contribution >= 4 is 5.91 Å². The van der Waals surface area contributed by atoms with Crippen LogP contribution >= 0.6 is 0 Å². The topological polar surface area (TPSA) is 55.1 Å². The molecule has 4 nitrogen and oxygen atoms in total. The molecule has 1 N–H and O–H groups in total. The van der Waals surface area contributed by atoms with E-state index in [-0.39, 0.29) is 5.91 Å². The molecular formula is C10H16N2O2. The van der Waals surface area contributed by atoms with E-state index in [1.807, 2.05) is 6.07 Å². The van der Waals surface area contributed by atoms with Gasteiger partial charge in [0.25, 0.3) is 0 Å². The normalized spacial score (nSPS) is 10.6. The lowest BCUT2D eigenvalue weighted by Crippen LogP contribution is -2.18. The van der Waals surface area contributed by atoms with Gasteiger partial charge in [-0.1, -0.05) is 19.0 Å². The van der Waals surface area contributed by atoms with Gasteiger partial charge in [-0.25, -0.2) is 0 Å². The van der Waals surface area contributed by atoms with Gasteiger partial charge in [0.2, 0.25) is 5.91 Å². The summed E-state index contributed by atoms with van der Waals surface area (Å²) in [6.07, 6.45) is 0.906. The fraction of sp³-hybridized carbons (Fsp3) is 0.600. The number of nitrogens with zero attached hydrogens (tertiary/aromatic N) is 1. The quantitative estimate of drug-likeness (QED) is 0.794. The lowest BCUT2D eigenvalue weighted by molar-refractivity contribution is -0.119. The number of aromatic nitrogens is 1. The van der Waals surface area contributed by atoms with Gasteiger partial charge in [0.15, 0.2) is 5.76 Å². The SMILES string of the molecule is CC(=O)NCc1cc(CC(C)C)no1. The minimum Gasteiger partial charge on any atom is -0.359 e. The zero-order chi connectivity index (χ0) is 10.6. The van der Waals surface area contributed by atoms with Crippen molar-refractivity contribution in [3.05, 3.63) is 17.5 Å². The largest absolute Gasteiger partial charge is 0.359 e. The Labute approximate surface area is 83.7 Å². The van der Waals surface area contributed by atoms with Crippen LogP contribution in [0.3, 0.4) is 0 Å². The number of carbonyl (C=O) groups excluding carboxylic acids is 1. The first-order valence-electron chi connectivity index (χ1n) is 4.77. The molecule has 1 aromatic heterocycles. The van der Waals surface area contributed by atoms with Crippen molar-refractivity contribution in [2.24, 2.45) is 5.92 Å². The summed E-state index contributed by atoms with van der Waals surface area (Å²) < 4.78 is 5.05. The van der Waals surface area contributed by atoms with Gasteiger partial charge in [-0.2, -0.15) is 0 Å². The van der Waals surface area contributed by atoms with Gasteiger partial charge in [0.05, 0.1) is 12.2 Å². The molecule has 0 saturated carbocycles. The fourth-order valence-electron chi connectivity index (χ4n) is 1.17. The Morgan fingerprint density at radius 2 is 2.36 bits per heavy atom. The van der Waals surface area contributed by atoms with E-state index in [4.69, 9.17) is 4.52 Å². The Kier molecular flexibility index (Phi) is 3.68. The second kappa shape index (κ2) is 4.79. The van der Waals surface area contributed by atoms with Crippen LogP contribution in [0.1, 0.15) is 32.2 Å². The predicted molar refractivity (Wildman–Crippen MR) is 52.6 cm³/mol. The number of hydrogen-bond acceptors (Lipinski definition) is 3. The molecule has 0 radical (unpaired) electrons. The summed E-state index contributed by atoms with van der Waals surface area (Å²) in [5.74, 6) is 1.20. The van der Waals surface area contributed by atoms with Crippen LogP contribution in [0.4, 0.5) is 0 Å². The van der Waals surface area contributed by atoms with Crippen LogP contribution in [-0.2, 0) is 17.8 Å². The first kappa shape index (κ1) is 10.8. The number of rotatable bonds is 4. The van der Waals surface area contributed by atoms with E-state index in [9.17, 15) is 4.79 Å². The van der Waals surface area contributed by atoms with Crippen LogP contribution in [-0.4, -0.2) is 11.1 Å². The third-order valence-electron chi connectivity index (χ3n) is 1.74. The molecule has 0 aliphatic carbocycles. The van der Waals surface area contributed by atoms with E-state index in [1.54, 1.807) is 0 Å². The Hall–Kier alpha value is -1.32. The first-order chi connectivity index (χ1) is 6.58. The van der Waals surface area contributed by atoms with Crippen molar-refractivity contribution < 1.29 is 9.32 Å². The third kappa shape index (κ3) is 3.60. The summed E-state index contributed by atoms with van der Waals surface area (Å²) in [4.78, 5) is 10.6. The molecule has 78 valence electrons. The van der Waals surface area contributed by atoms with E-state index >= 15 is 0 Å². The summed E-state index contributed by atoms with van der Waals surface area (Å²) in [5, 5.41) is 6.56. The molecule has 0 atom stereocenters. The van der Waals surface area contributed by atoms with E-state index < -0.39 is 0 Å². The van der Waals surface area contributed by atoms with Gasteiger partial charge in [-0.15, -0.1) is 0 Å². The minimum absolute atomic E-state index is 0.0631. The van der Waals surface area contributed by atoms with Gasteiger partial charge in [0, 0.05) is 13.0 Å². The molecule has 4 heteroatoms. The highest BCUT2D eigenvalue weighted by Crippen LogP contribution is 2.08. The Bertz CT molecular complexity index is 305. The van der Waals surface area contributed by atoms with E-state index in [0.717, 1.165) is 12.1 Å². The van der Waals surface area contributed by atoms with Crippen molar-refractivity contribution in [2.45, 2.75) is 33.7 Å². The van der Waals surface area contributed by atoms with Crippen LogP contribution in [0.25, 0.3) is 0 Å². The summed E-state index contributed by atoms with van der Waals surface area (Å²) >= 11 is 0. The predicted octanol–water partition coefficient (Wildman–Crippen LogP) is 1.51. The smallest absolute Gasteiger partial charge is 0.217 e. The second-order valence-corrected chi connectivity index (χ2v) is 3.79. The molecule has 0 aliphatic heterocycles. The fourth-order valence-corrected chi connectivity index (χ4v) is 1.17.